The first-order valence-corrected chi connectivity index (χ1v) is 46.0. The number of H-pyrrole nitrogens is 1. The van der Waals surface area contributed by atoms with Gasteiger partial charge in [-0.25, -0.2) is 47.5 Å². The molecule has 0 saturated carbocycles. The van der Waals surface area contributed by atoms with Crippen molar-refractivity contribution in [2.75, 3.05) is 6.26 Å². The summed E-state index contributed by atoms with van der Waals surface area (Å²) in [5, 5.41) is 63.2. The number of aliphatic carboxylic acids is 4. The molecule has 134 heavy (non-hydrogen) atoms. The highest BCUT2D eigenvalue weighted by Crippen LogP contribution is 2.44. The third kappa shape index (κ3) is 24.2. The summed E-state index contributed by atoms with van der Waals surface area (Å²) in [6.45, 7) is 11.8. The lowest BCUT2D eigenvalue weighted by molar-refractivity contribution is -0.145. The van der Waals surface area contributed by atoms with Crippen LogP contribution >= 0.6 is 92.8 Å². The van der Waals surface area contributed by atoms with Crippen molar-refractivity contribution in [2.24, 2.45) is 7.05 Å². The Labute approximate surface area is 806 Å². The molecule has 8 heterocycles. The molecule has 5 N–H and O–H groups in total. The lowest BCUT2D eigenvalue weighted by Gasteiger charge is -2.13. The maximum atomic E-state index is 12.6. The van der Waals surface area contributed by atoms with Crippen molar-refractivity contribution in [1.82, 2.24) is 54.3 Å². The molecule has 0 bridgehead atoms. The molecule has 16 rings (SSSR count). The largest absolute Gasteiger partial charge is 0.479 e. The Morgan fingerprint density at radius 2 is 0.754 bits per heavy atom. The normalized spacial score (nSPS) is 12.1. The molecule has 0 saturated heterocycles. The van der Waals surface area contributed by atoms with Crippen LogP contribution in [0.4, 0.5) is 0 Å². The van der Waals surface area contributed by atoms with E-state index in [2.05, 4.69) is 44.3 Å². The number of aryl methyl sites for hydroxylation is 4. The van der Waals surface area contributed by atoms with E-state index in [1.165, 1.54) is 45.9 Å². The second-order valence-corrected chi connectivity index (χ2v) is 35.1. The lowest BCUT2D eigenvalue weighted by Crippen LogP contribution is -2.23. The van der Waals surface area contributed by atoms with E-state index >= 15 is 0 Å². The van der Waals surface area contributed by atoms with Gasteiger partial charge in [-0.3, -0.25) is 9.78 Å². The third-order valence-electron chi connectivity index (χ3n) is 19.9. The smallest absolute Gasteiger partial charge is 0.344 e. The predicted octanol–water partition coefficient (Wildman–Crippen LogP) is 24.7. The van der Waals surface area contributed by atoms with Crippen molar-refractivity contribution < 1.29 is 90.4 Å². The first kappa shape index (κ1) is 98.3. The molecule has 30 nitrogen and oxygen atoms in total. The molecular weight excluding hydrogens is 1910 g/mol. The number of ether oxygens (including phenoxy) is 8. The van der Waals surface area contributed by atoms with Crippen LogP contribution in [-0.4, -0.2) is 138 Å². The minimum absolute atomic E-state index is 0.0515. The molecule has 0 aliphatic heterocycles. The standard InChI is InChI=1S/C25H23Cl2N3O6S.C25H23Cl2N3O4.C24H21Cl2N3O4.C21H14Cl2N2O5/c1-4-5-20-17(10-11-23(28-20)36-16-8-6-15(26)7-9-16)24-18-12-22(35-14(2)25(31)32)19(27)13-21(18)30(29-24)37(3,33)34;1-4-5-20-17(10-11-23(28-20)34-16-8-6-15(26)7-9-16)24-18-12-22(33-14(2)25(31)32)19(27)13-21(18)30(3)29-24;1-3-4-19-16(9-10-22(27-19)33-15-7-5-14(25)6-8-15)23-17-11-21(32-13(2)24(30)31)18(26)12-20(17)28-29-23;1-11(21(26)27)28-18-8-15-17(9-16(18)23)30-25-20(15)12-2-7-19(24-10-12)29-14-5-3-13(22)4-6-14/h6-14H,4-5H2,1-3H3,(H,31,32);6-14H,4-5H2,1-3H3,(H,31,32);5-13H,3-4H2,1-2H3,(H,28,29)(H,30,31);2-11H,1H3,(H,26,27)/t2*14-;13-;11-/m0000/s1. The van der Waals surface area contributed by atoms with Crippen molar-refractivity contribution >= 4 is 170 Å². The van der Waals surface area contributed by atoms with E-state index in [4.69, 9.17) is 161 Å². The number of carbonyl (C=O) groups is 4. The van der Waals surface area contributed by atoms with Gasteiger partial charge >= 0.3 is 23.9 Å². The Bertz CT molecular complexity index is 7140. The summed E-state index contributed by atoms with van der Waals surface area (Å²) in [6.07, 6.45) is 2.81. The molecule has 0 amide bonds. The molecular formula is C95H81Cl8N11O19S. The summed E-state index contributed by atoms with van der Waals surface area (Å²) >= 11 is 48.9. The number of hydrogen-bond acceptors (Lipinski definition) is 23. The van der Waals surface area contributed by atoms with Gasteiger partial charge in [0.2, 0.25) is 23.5 Å². The first-order valence-electron chi connectivity index (χ1n) is 41.1. The van der Waals surface area contributed by atoms with E-state index < -0.39 is 58.3 Å². The number of aromatic amines is 1. The number of benzene rings is 8. The highest BCUT2D eigenvalue weighted by Gasteiger charge is 2.28. The summed E-state index contributed by atoms with van der Waals surface area (Å²) in [4.78, 5) is 63.2. The molecule has 0 spiro atoms. The topological polar surface area (TPSA) is 399 Å². The quantitative estimate of drug-likeness (QED) is 0.0269. The molecule has 0 aliphatic carbocycles. The number of halogens is 8. The highest BCUT2D eigenvalue weighted by atomic mass is 35.5. The minimum atomic E-state index is -3.80. The lowest BCUT2D eigenvalue weighted by atomic mass is 10.0. The first-order chi connectivity index (χ1) is 64.0. The van der Waals surface area contributed by atoms with Crippen molar-refractivity contribution in [3.63, 3.8) is 0 Å². The molecule has 16 aromatic rings. The van der Waals surface area contributed by atoms with Crippen LogP contribution in [0, 0.1) is 0 Å². The van der Waals surface area contributed by atoms with E-state index in [0.717, 1.165) is 74.8 Å². The van der Waals surface area contributed by atoms with Crippen LogP contribution in [-0.2, 0) is 55.5 Å². The monoisotopic (exact) mass is 1990 g/mol. The summed E-state index contributed by atoms with van der Waals surface area (Å²) in [5.41, 5.74) is 9.65. The average molecular weight is 2000 g/mol. The number of fused-ring (bicyclic) bond motifs is 4. The van der Waals surface area contributed by atoms with E-state index in [-0.39, 0.29) is 38.6 Å². The SMILES string of the molecule is CCCc1nc(Oc2ccc(Cl)cc2)ccc1-c1n[nH]c2cc(Cl)c(O[C@@H](C)C(=O)O)cc12.CCCc1nc(Oc2ccc(Cl)cc2)ccc1-c1nn(C)c2cc(Cl)c(O[C@@H](C)C(=O)O)cc12.CCCc1nc(Oc2ccc(Cl)cc2)ccc1-c1nn(S(C)(=O)=O)c2cc(Cl)c(O[C@@H](C)C(=O)O)cc12.C[C@H](Oc1cc2c(-c3ccc(Oc4ccc(Cl)cc4)nc3)noc2cc1Cl)C(=O)O. The van der Waals surface area contributed by atoms with Crippen LogP contribution in [0.3, 0.4) is 0 Å². The number of rotatable bonds is 31. The van der Waals surface area contributed by atoms with Crippen molar-refractivity contribution in [1.29, 1.82) is 0 Å². The van der Waals surface area contributed by atoms with Gasteiger partial charge in [0.15, 0.2) is 30.0 Å². The Balaban J connectivity index is 0.000000152. The van der Waals surface area contributed by atoms with Crippen LogP contribution < -0.4 is 37.9 Å². The summed E-state index contributed by atoms with van der Waals surface area (Å²) in [7, 11) is -1.98. The van der Waals surface area contributed by atoms with Crippen molar-refractivity contribution in [2.45, 2.75) is 111 Å². The van der Waals surface area contributed by atoms with Gasteiger partial charge in [-0.15, -0.1) is 0 Å². The van der Waals surface area contributed by atoms with Crippen molar-refractivity contribution in [3.8, 4) is 115 Å². The van der Waals surface area contributed by atoms with Gasteiger partial charge in [-0.1, -0.05) is 138 Å². The minimum Gasteiger partial charge on any atom is -0.479 e. The van der Waals surface area contributed by atoms with E-state index in [9.17, 15) is 37.8 Å². The van der Waals surface area contributed by atoms with Gasteiger partial charge in [-0.05, 0) is 211 Å². The number of hydrogen-bond donors (Lipinski definition) is 5. The molecule has 0 aliphatic rings. The van der Waals surface area contributed by atoms with Gasteiger partial charge in [-0.2, -0.15) is 19.4 Å². The molecule has 8 aromatic carbocycles. The van der Waals surface area contributed by atoms with Crippen LogP contribution in [0.5, 0.6) is 69.5 Å². The number of pyridine rings is 4. The Kier molecular flexibility index (Phi) is 32.0. The molecule has 4 atom stereocenters. The number of carboxylic acid groups (broad SMARTS) is 4. The zero-order chi connectivity index (χ0) is 96.1. The van der Waals surface area contributed by atoms with E-state index in [1.54, 1.807) is 175 Å². The van der Waals surface area contributed by atoms with Crippen LogP contribution in [0.2, 0.25) is 40.2 Å². The summed E-state index contributed by atoms with van der Waals surface area (Å²) in [6, 6.07) is 55.1. The van der Waals surface area contributed by atoms with Gasteiger partial charge in [0.1, 0.15) is 68.8 Å². The maximum Gasteiger partial charge on any atom is 0.344 e. The fraction of sp³-hybridized carbons (Fsp3) is 0.200. The number of nitrogens with zero attached hydrogens (tertiary/aromatic N) is 10. The van der Waals surface area contributed by atoms with Gasteiger partial charge in [0.25, 0.3) is 10.0 Å². The average Bonchev–Trinajstić information content (AvgIpc) is 1.60. The highest BCUT2D eigenvalue weighted by molar-refractivity contribution is 7.89. The fourth-order valence-corrected chi connectivity index (χ4v) is 15.4. The fourth-order valence-electron chi connectivity index (χ4n) is 13.3. The molecule has 0 radical (unpaired) electrons. The Morgan fingerprint density at radius 1 is 0.410 bits per heavy atom. The molecule has 0 fully saturated rings. The number of carboxylic acids is 4. The number of nitrogens with one attached hydrogen (secondary N) is 1. The predicted molar refractivity (Wildman–Crippen MR) is 513 cm³/mol. The van der Waals surface area contributed by atoms with Crippen LogP contribution in [0.1, 0.15) is 84.8 Å². The maximum absolute atomic E-state index is 12.6. The van der Waals surface area contributed by atoms with Gasteiger partial charge in [0.05, 0.1) is 65.4 Å². The molecule has 0 unspecified atom stereocenters. The second-order valence-electron chi connectivity index (χ2n) is 29.9. The van der Waals surface area contributed by atoms with Crippen LogP contribution in [0.25, 0.3) is 88.7 Å². The van der Waals surface area contributed by atoms with Gasteiger partial charge < -0.3 is 62.8 Å². The van der Waals surface area contributed by atoms with Crippen molar-refractivity contribution in [3.05, 3.63) is 258 Å². The molecule has 692 valence electrons. The zero-order valence-corrected chi connectivity index (χ0v) is 79.3. The molecule has 39 heteroatoms. The molecule has 8 aromatic heterocycles. The zero-order valence-electron chi connectivity index (χ0n) is 72.4. The van der Waals surface area contributed by atoms with E-state index in [0.29, 0.717) is 151 Å². The third-order valence-corrected chi connectivity index (χ3v) is 23.0. The Morgan fingerprint density at radius 3 is 1.13 bits per heavy atom. The summed E-state index contributed by atoms with van der Waals surface area (Å²) in [5.74, 6) is 0.562. The summed E-state index contributed by atoms with van der Waals surface area (Å²) < 4.78 is 78.5. The second kappa shape index (κ2) is 43.6. The van der Waals surface area contributed by atoms with Gasteiger partial charge in [0, 0.05) is 102 Å². The Hall–Kier alpha value is -13.2. The van der Waals surface area contributed by atoms with Crippen LogP contribution in [0.15, 0.2) is 205 Å². The van der Waals surface area contributed by atoms with E-state index in [1.807, 2.05) is 26.1 Å². The number of aromatic nitrogens is 11.